The number of hydrogen-bond donors (Lipinski definition) is 1. The highest BCUT2D eigenvalue weighted by Crippen LogP contribution is 2.04. The van der Waals surface area contributed by atoms with E-state index in [0.717, 1.165) is 5.69 Å². The Bertz CT molecular complexity index is 224. The van der Waals surface area contributed by atoms with E-state index in [2.05, 4.69) is 5.10 Å². The first-order valence-electron chi connectivity index (χ1n) is 3.01. The van der Waals surface area contributed by atoms with Gasteiger partial charge in [-0.3, -0.25) is 4.68 Å². The molecule has 1 aromatic rings. The van der Waals surface area contributed by atoms with Crippen LogP contribution in [0.3, 0.4) is 0 Å². The summed E-state index contributed by atoms with van der Waals surface area (Å²) in [6.45, 7) is 0.556. The van der Waals surface area contributed by atoms with Crippen molar-refractivity contribution < 1.29 is 4.74 Å². The summed E-state index contributed by atoms with van der Waals surface area (Å²) < 4.78 is 6.61. The van der Waals surface area contributed by atoms with Gasteiger partial charge in [0, 0.05) is 20.2 Å². The fourth-order valence-corrected chi connectivity index (χ4v) is 0.813. The van der Waals surface area contributed by atoms with Crippen LogP contribution in [0.2, 0.25) is 0 Å². The molecule has 0 radical (unpaired) electrons. The number of rotatable bonds is 2. The molecule has 0 bridgehead atoms. The number of aromatic nitrogens is 2. The van der Waals surface area contributed by atoms with Crippen molar-refractivity contribution in [2.75, 3.05) is 12.8 Å². The van der Waals surface area contributed by atoms with Crippen LogP contribution in [0.1, 0.15) is 5.69 Å². The highest BCUT2D eigenvalue weighted by molar-refractivity contribution is 5.85. The molecule has 0 aliphatic rings. The molecule has 0 aliphatic heterocycles. The number of nitrogens with two attached hydrogens (primary N) is 1. The fraction of sp³-hybridized carbons (Fsp3) is 0.500. The minimum absolute atomic E-state index is 0. The maximum absolute atomic E-state index is 5.42. The van der Waals surface area contributed by atoms with Gasteiger partial charge in [0.05, 0.1) is 12.3 Å². The summed E-state index contributed by atoms with van der Waals surface area (Å²) in [4.78, 5) is 0. The second-order valence-electron chi connectivity index (χ2n) is 2.12. The average molecular weight is 178 g/mol. The molecule has 11 heavy (non-hydrogen) atoms. The Labute approximate surface area is 71.7 Å². The van der Waals surface area contributed by atoms with Gasteiger partial charge in [-0.2, -0.15) is 5.10 Å². The molecule has 1 heterocycles. The second-order valence-corrected chi connectivity index (χ2v) is 2.12. The Balaban J connectivity index is 0.000001000. The predicted octanol–water partition coefficient (Wildman–Crippen LogP) is 0.571. The lowest BCUT2D eigenvalue weighted by atomic mass is 10.4. The molecular weight excluding hydrogens is 166 g/mol. The van der Waals surface area contributed by atoms with Gasteiger partial charge < -0.3 is 10.5 Å². The zero-order valence-corrected chi connectivity index (χ0v) is 7.39. The zero-order chi connectivity index (χ0) is 7.56. The highest BCUT2D eigenvalue weighted by atomic mass is 35.5. The molecule has 0 atom stereocenters. The molecule has 0 fully saturated rings. The quantitative estimate of drug-likeness (QED) is 0.719. The van der Waals surface area contributed by atoms with Crippen molar-refractivity contribution in [1.82, 2.24) is 9.78 Å². The molecule has 2 N–H and O–H groups in total. The van der Waals surface area contributed by atoms with Gasteiger partial charge in [0.2, 0.25) is 0 Å². The van der Waals surface area contributed by atoms with Crippen LogP contribution < -0.4 is 5.73 Å². The van der Waals surface area contributed by atoms with Crippen LogP contribution in [-0.4, -0.2) is 16.9 Å². The average Bonchev–Trinajstić information content (AvgIpc) is 2.13. The molecular formula is C6H12ClN3O. The first-order chi connectivity index (χ1) is 4.74. The van der Waals surface area contributed by atoms with Crippen molar-refractivity contribution in [3.8, 4) is 0 Å². The van der Waals surface area contributed by atoms with Crippen molar-refractivity contribution in [2.45, 2.75) is 6.61 Å². The van der Waals surface area contributed by atoms with Crippen molar-refractivity contribution in [1.29, 1.82) is 0 Å². The first-order valence-corrected chi connectivity index (χ1v) is 3.01. The van der Waals surface area contributed by atoms with E-state index in [-0.39, 0.29) is 12.4 Å². The van der Waals surface area contributed by atoms with Crippen molar-refractivity contribution in [3.63, 3.8) is 0 Å². The van der Waals surface area contributed by atoms with Gasteiger partial charge in [0.15, 0.2) is 0 Å². The zero-order valence-electron chi connectivity index (χ0n) is 6.57. The van der Waals surface area contributed by atoms with Crippen LogP contribution in [0.15, 0.2) is 6.07 Å². The number of methoxy groups -OCH3 is 1. The van der Waals surface area contributed by atoms with Crippen molar-refractivity contribution >= 4 is 18.2 Å². The minimum atomic E-state index is 0. The second kappa shape index (κ2) is 4.20. The molecule has 1 aromatic heterocycles. The van der Waals surface area contributed by atoms with Gasteiger partial charge in [0.1, 0.15) is 5.82 Å². The van der Waals surface area contributed by atoms with Crippen LogP contribution >= 0.6 is 12.4 Å². The van der Waals surface area contributed by atoms with Crippen LogP contribution in [-0.2, 0) is 18.4 Å². The number of ether oxygens (including phenoxy) is 1. The van der Waals surface area contributed by atoms with Gasteiger partial charge in [-0.05, 0) is 0 Å². The van der Waals surface area contributed by atoms with Crippen LogP contribution in [0.4, 0.5) is 5.82 Å². The van der Waals surface area contributed by atoms with E-state index in [4.69, 9.17) is 10.5 Å². The van der Waals surface area contributed by atoms with Gasteiger partial charge in [0.25, 0.3) is 0 Å². The Morgan fingerprint density at radius 2 is 2.36 bits per heavy atom. The van der Waals surface area contributed by atoms with E-state index >= 15 is 0 Å². The third-order valence-electron chi connectivity index (χ3n) is 1.29. The van der Waals surface area contributed by atoms with E-state index < -0.39 is 0 Å². The maximum Gasteiger partial charge on any atom is 0.145 e. The Morgan fingerprint density at radius 1 is 1.73 bits per heavy atom. The Kier molecular flexibility index (Phi) is 3.92. The smallest absolute Gasteiger partial charge is 0.145 e. The van der Waals surface area contributed by atoms with E-state index in [1.807, 2.05) is 7.05 Å². The fourth-order valence-electron chi connectivity index (χ4n) is 0.813. The van der Waals surface area contributed by atoms with Crippen molar-refractivity contribution in [2.24, 2.45) is 7.05 Å². The van der Waals surface area contributed by atoms with Crippen molar-refractivity contribution in [3.05, 3.63) is 11.8 Å². The summed E-state index contributed by atoms with van der Waals surface area (Å²) in [6, 6.07) is 1.80. The lowest BCUT2D eigenvalue weighted by Crippen LogP contribution is -1.98. The van der Waals surface area contributed by atoms with E-state index in [0.29, 0.717) is 12.4 Å². The largest absolute Gasteiger partial charge is 0.382 e. The lowest BCUT2D eigenvalue weighted by Gasteiger charge is -1.96. The molecule has 1 rings (SSSR count). The van der Waals surface area contributed by atoms with Gasteiger partial charge >= 0.3 is 0 Å². The standard InChI is InChI=1S/C6H11N3O.ClH/c1-9-5(4-10-2)3-6(7)8-9;/h3H,4H2,1-2H3,(H2,7,8);1H. The molecule has 4 nitrogen and oxygen atoms in total. The molecule has 0 saturated heterocycles. The Morgan fingerprint density at radius 3 is 2.73 bits per heavy atom. The number of anilines is 1. The number of hydrogen-bond acceptors (Lipinski definition) is 3. The SMILES string of the molecule is COCc1cc(N)nn1C.Cl. The summed E-state index contributed by atoms with van der Waals surface area (Å²) in [6.07, 6.45) is 0. The summed E-state index contributed by atoms with van der Waals surface area (Å²) in [5.74, 6) is 0.537. The van der Waals surface area contributed by atoms with Gasteiger partial charge in [-0.15, -0.1) is 12.4 Å². The van der Waals surface area contributed by atoms with E-state index in [9.17, 15) is 0 Å². The maximum atomic E-state index is 5.42. The predicted molar refractivity (Wildman–Crippen MR) is 45.6 cm³/mol. The van der Waals surface area contributed by atoms with E-state index in [1.54, 1.807) is 17.9 Å². The topological polar surface area (TPSA) is 53.1 Å². The molecule has 0 spiro atoms. The molecule has 0 aliphatic carbocycles. The van der Waals surface area contributed by atoms with E-state index in [1.165, 1.54) is 0 Å². The normalized spacial score (nSPS) is 9.27. The number of aryl methyl sites for hydroxylation is 1. The molecule has 0 aromatic carbocycles. The number of nitrogens with zero attached hydrogens (tertiary/aromatic N) is 2. The monoisotopic (exact) mass is 177 g/mol. The highest BCUT2D eigenvalue weighted by Gasteiger charge is 1.99. The van der Waals surface area contributed by atoms with Gasteiger partial charge in [-0.25, -0.2) is 0 Å². The molecule has 0 saturated carbocycles. The van der Waals surface area contributed by atoms with Crippen LogP contribution in [0, 0.1) is 0 Å². The molecule has 0 amide bonds. The first kappa shape index (κ1) is 10.3. The lowest BCUT2D eigenvalue weighted by molar-refractivity contribution is 0.178. The Hall–Kier alpha value is -0.740. The van der Waals surface area contributed by atoms with Gasteiger partial charge in [-0.1, -0.05) is 0 Å². The third-order valence-corrected chi connectivity index (χ3v) is 1.29. The third kappa shape index (κ3) is 2.40. The summed E-state index contributed by atoms with van der Waals surface area (Å²) >= 11 is 0. The number of nitrogen functional groups attached to an aromatic ring is 1. The minimum Gasteiger partial charge on any atom is -0.382 e. The molecule has 64 valence electrons. The van der Waals surface area contributed by atoms with Crippen LogP contribution in [0.5, 0.6) is 0 Å². The van der Waals surface area contributed by atoms with Crippen LogP contribution in [0.25, 0.3) is 0 Å². The summed E-state index contributed by atoms with van der Waals surface area (Å²) in [5, 5.41) is 3.94. The molecule has 0 unspecified atom stereocenters. The number of halogens is 1. The summed E-state index contributed by atoms with van der Waals surface area (Å²) in [7, 11) is 3.48. The molecule has 5 heteroatoms. The summed E-state index contributed by atoms with van der Waals surface area (Å²) in [5.41, 5.74) is 6.41.